The minimum absolute atomic E-state index is 0.135. The molecule has 2 aromatic heterocycles. The Morgan fingerprint density at radius 1 is 1.03 bits per heavy atom. The van der Waals surface area contributed by atoms with Crippen molar-refractivity contribution in [2.75, 3.05) is 18.9 Å². The first-order chi connectivity index (χ1) is 18.1. The van der Waals surface area contributed by atoms with Gasteiger partial charge in [-0.15, -0.1) is 0 Å². The molecule has 4 heterocycles. The number of aliphatic hydroxyl groups excluding tert-OH is 6. The van der Waals surface area contributed by atoms with Crippen molar-refractivity contribution in [2.45, 2.75) is 55.2 Å². The number of hydrogen-bond acceptors (Lipinski definition) is 19. The van der Waals surface area contributed by atoms with Crippen LogP contribution in [0.3, 0.4) is 0 Å². The highest BCUT2D eigenvalue weighted by molar-refractivity contribution is 7.59. The Morgan fingerprint density at radius 2 is 1.69 bits per heavy atom. The number of hydrogen-bond donors (Lipinski definition) is 8. The Labute approximate surface area is 216 Å². The largest absolute Gasteiger partial charge is 0.756 e. The van der Waals surface area contributed by atoms with E-state index in [1.807, 2.05) is 0 Å². The van der Waals surface area contributed by atoms with Gasteiger partial charge in [-0.2, -0.15) is 4.98 Å². The number of phosphoric acid groups is 2. The second-order valence-corrected chi connectivity index (χ2v) is 11.3. The Kier molecular flexibility index (Phi) is 8.60. The van der Waals surface area contributed by atoms with Gasteiger partial charge < -0.3 is 60.2 Å². The first-order valence-electron chi connectivity index (χ1n) is 10.8. The molecular weight excluding hydrogens is 580 g/mol. The van der Waals surface area contributed by atoms with E-state index in [1.54, 1.807) is 0 Å². The second kappa shape index (κ2) is 11.2. The van der Waals surface area contributed by atoms with Gasteiger partial charge in [0.1, 0.15) is 42.7 Å². The van der Waals surface area contributed by atoms with E-state index >= 15 is 0 Å². The molecule has 0 spiro atoms. The van der Waals surface area contributed by atoms with Crippen molar-refractivity contribution in [3.8, 4) is 0 Å². The number of phosphoric ester groups is 2. The van der Waals surface area contributed by atoms with E-state index in [4.69, 9.17) is 20.3 Å². The molecule has 2 saturated heterocycles. The van der Waals surface area contributed by atoms with E-state index in [2.05, 4.69) is 28.3 Å². The summed E-state index contributed by atoms with van der Waals surface area (Å²) in [5.74, 6) is -0.292. The van der Waals surface area contributed by atoms with Crippen molar-refractivity contribution in [1.29, 1.82) is 0 Å². The fourth-order valence-corrected chi connectivity index (χ4v) is 5.92. The zero-order valence-corrected chi connectivity index (χ0v) is 21.1. The quantitative estimate of drug-likeness (QED) is 0.124. The van der Waals surface area contributed by atoms with Crippen molar-refractivity contribution in [3.05, 3.63) is 16.7 Å². The molecular formula is C16H23N5O16P2-2. The van der Waals surface area contributed by atoms with Crippen LogP contribution in [0.4, 0.5) is 5.95 Å². The molecule has 0 radical (unpaired) electrons. The number of nitrogens with one attached hydrogen (secondary N) is 1. The first-order valence-corrected chi connectivity index (χ1v) is 13.8. The molecule has 11 atom stereocenters. The molecule has 0 bridgehead atoms. The lowest BCUT2D eigenvalue weighted by Gasteiger charge is -2.41. The molecule has 39 heavy (non-hydrogen) atoms. The molecule has 9 N–H and O–H groups in total. The minimum atomic E-state index is -5.91. The number of aliphatic hydroxyl groups is 6. The first kappa shape index (κ1) is 30.1. The molecule has 0 amide bonds. The number of nitrogens with two attached hydrogens (primary N) is 1. The molecule has 2 aliphatic rings. The molecule has 23 heteroatoms. The molecule has 0 saturated carbocycles. The highest BCUT2D eigenvalue weighted by Crippen LogP contribution is 2.57. The number of aromatic amines is 1. The monoisotopic (exact) mass is 603 g/mol. The lowest BCUT2D eigenvalue weighted by molar-refractivity contribution is -0.305. The second-order valence-electron chi connectivity index (χ2n) is 8.40. The van der Waals surface area contributed by atoms with Crippen molar-refractivity contribution < 1.29 is 72.4 Å². The third kappa shape index (κ3) is 6.22. The van der Waals surface area contributed by atoms with Gasteiger partial charge in [-0.05, 0) is 0 Å². The van der Waals surface area contributed by atoms with E-state index < -0.39 is 89.7 Å². The van der Waals surface area contributed by atoms with Gasteiger partial charge in [0.25, 0.3) is 21.2 Å². The van der Waals surface area contributed by atoms with Gasteiger partial charge in [0, 0.05) is 0 Å². The molecule has 0 aromatic carbocycles. The van der Waals surface area contributed by atoms with Gasteiger partial charge in [0.05, 0.1) is 19.5 Å². The third-order valence-electron chi connectivity index (χ3n) is 5.74. The topological polar surface area (TPSA) is 337 Å². The third-order valence-corrected chi connectivity index (χ3v) is 8.27. The van der Waals surface area contributed by atoms with E-state index in [9.17, 15) is 49.2 Å². The summed E-state index contributed by atoms with van der Waals surface area (Å²) >= 11 is 0. The lowest BCUT2D eigenvalue weighted by Crippen LogP contribution is -2.59. The normalized spacial score (nSPS) is 36.6. The van der Waals surface area contributed by atoms with Gasteiger partial charge in [0.15, 0.2) is 23.7 Å². The predicted molar refractivity (Wildman–Crippen MR) is 116 cm³/mol. The molecule has 2 aromatic rings. The Balaban J connectivity index is 1.39. The van der Waals surface area contributed by atoms with Crippen LogP contribution in [0.1, 0.15) is 6.23 Å². The van der Waals surface area contributed by atoms with Crippen LogP contribution in [0.2, 0.25) is 0 Å². The number of imidazole rings is 1. The van der Waals surface area contributed by atoms with Gasteiger partial charge in [-0.1, -0.05) is 0 Å². The standard InChI is InChI=1S/C16H25N5O16P2/c17-16-19-12-6(13(28)20-16)18-3-21(12)14-10(26)8(24)5(34-14)2-33-38(29,30)37-39(31,32)36-15-11(27)9(25)7(23)4(1-22)35-15/h3-5,7-11,14-15,22-27H,1-2H2,(H,29,30)(H,31,32)(H3,17,19,20,28)/p-2/t4-,5+,7+,8+,9+,10+,11-,14+,15+/m0/s1. The summed E-state index contributed by atoms with van der Waals surface area (Å²) in [6.45, 7) is -2.01. The Hall–Kier alpha value is -1.91. The van der Waals surface area contributed by atoms with Gasteiger partial charge in [0.2, 0.25) is 5.95 Å². The van der Waals surface area contributed by atoms with E-state index in [0.29, 0.717) is 0 Å². The van der Waals surface area contributed by atoms with Crippen molar-refractivity contribution in [1.82, 2.24) is 19.5 Å². The summed E-state index contributed by atoms with van der Waals surface area (Å²) in [6.07, 6.45) is -15.5. The molecule has 220 valence electrons. The summed E-state index contributed by atoms with van der Waals surface area (Å²) < 4.78 is 48.1. The zero-order chi connectivity index (χ0) is 28.9. The maximum atomic E-state index is 12.1. The molecule has 4 rings (SSSR count). The number of nitrogen functional groups attached to an aromatic ring is 1. The van der Waals surface area contributed by atoms with Crippen molar-refractivity contribution in [3.63, 3.8) is 0 Å². The fourth-order valence-electron chi connectivity index (χ4n) is 3.84. The maximum Gasteiger partial charge on any atom is 0.280 e. The van der Waals surface area contributed by atoms with E-state index in [-0.39, 0.29) is 17.1 Å². The average molecular weight is 603 g/mol. The highest BCUT2D eigenvalue weighted by atomic mass is 31.3. The number of aromatic nitrogens is 4. The molecule has 0 aliphatic carbocycles. The van der Waals surface area contributed by atoms with Crippen LogP contribution in [0.25, 0.3) is 11.2 Å². The van der Waals surface area contributed by atoms with Crippen LogP contribution >= 0.6 is 15.6 Å². The fraction of sp³-hybridized carbons (Fsp3) is 0.688. The smallest absolute Gasteiger partial charge is 0.280 e. The van der Waals surface area contributed by atoms with Crippen LogP contribution in [0.15, 0.2) is 11.1 Å². The molecule has 2 aliphatic heterocycles. The summed E-state index contributed by atoms with van der Waals surface area (Å²) in [4.78, 5) is 46.1. The van der Waals surface area contributed by atoms with Crippen LogP contribution in [-0.2, 0) is 32.0 Å². The Morgan fingerprint density at radius 3 is 2.36 bits per heavy atom. The molecule has 2 fully saturated rings. The minimum Gasteiger partial charge on any atom is -0.756 e. The summed E-state index contributed by atoms with van der Waals surface area (Å²) in [5, 5.41) is 59.1. The van der Waals surface area contributed by atoms with Gasteiger partial charge in [-0.25, -0.2) is 9.29 Å². The molecule has 21 nitrogen and oxygen atoms in total. The van der Waals surface area contributed by atoms with Crippen LogP contribution in [-0.4, -0.2) is 112 Å². The zero-order valence-electron chi connectivity index (χ0n) is 19.3. The maximum absolute atomic E-state index is 12.1. The number of fused-ring (bicyclic) bond motifs is 1. The van der Waals surface area contributed by atoms with Crippen molar-refractivity contribution in [2.24, 2.45) is 0 Å². The average Bonchev–Trinajstić information content (AvgIpc) is 3.38. The van der Waals surface area contributed by atoms with Crippen molar-refractivity contribution >= 4 is 32.8 Å². The number of ether oxygens (including phenoxy) is 2. The summed E-state index contributed by atoms with van der Waals surface area (Å²) in [7, 11) is -11.7. The van der Waals surface area contributed by atoms with Crippen LogP contribution in [0.5, 0.6) is 0 Å². The van der Waals surface area contributed by atoms with E-state index in [1.165, 1.54) is 0 Å². The van der Waals surface area contributed by atoms with E-state index in [0.717, 1.165) is 10.9 Å². The highest BCUT2D eigenvalue weighted by Gasteiger charge is 2.47. The van der Waals surface area contributed by atoms with Crippen LogP contribution in [0, 0.1) is 0 Å². The number of H-pyrrole nitrogens is 1. The number of nitrogens with zero attached hydrogens (tertiary/aromatic N) is 3. The Bertz CT molecular complexity index is 1340. The van der Waals surface area contributed by atoms with Gasteiger partial charge in [-0.3, -0.25) is 28.0 Å². The predicted octanol–water partition coefficient (Wildman–Crippen LogP) is -5.89. The summed E-state index contributed by atoms with van der Waals surface area (Å²) in [6, 6.07) is 0. The van der Waals surface area contributed by atoms with Gasteiger partial charge >= 0.3 is 0 Å². The molecule has 2 unspecified atom stereocenters. The number of rotatable bonds is 9. The number of anilines is 1. The summed E-state index contributed by atoms with van der Waals surface area (Å²) in [5.41, 5.74) is 4.48. The lowest BCUT2D eigenvalue weighted by atomic mass is 10.00. The van der Waals surface area contributed by atoms with Crippen LogP contribution < -0.4 is 21.1 Å². The SMILES string of the molecule is Nc1nc2c(ncn2[C@@H]2O[C@H](COP(=O)([O-])OP(=O)([O-])O[C@H]3O[C@@H](CO)[C@@H](O)[C@@H](O)[C@@H]3O)[C@@H](O)[C@H]2O)c(=O)[nH]1.